The van der Waals surface area contributed by atoms with Gasteiger partial charge in [0.1, 0.15) is 10.8 Å². The summed E-state index contributed by atoms with van der Waals surface area (Å²) < 4.78 is 18.3. The first kappa shape index (κ1) is 18.7. The topological polar surface area (TPSA) is 81.2 Å². The third kappa shape index (κ3) is 5.18. The maximum absolute atomic E-state index is 13.1. The Bertz CT molecular complexity index is 946. The molecule has 0 unspecified atom stereocenters. The molecule has 2 aromatic heterocycles. The third-order valence-corrected chi connectivity index (χ3v) is 4.50. The Morgan fingerprint density at radius 3 is 2.89 bits per heavy atom. The zero-order valence-corrected chi connectivity index (χ0v) is 15.2. The van der Waals surface area contributed by atoms with Gasteiger partial charge >= 0.3 is 5.97 Å². The van der Waals surface area contributed by atoms with E-state index < -0.39 is 23.8 Å². The van der Waals surface area contributed by atoms with Crippen molar-refractivity contribution in [2.75, 3.05) is 5.32 Å². The third-order valence-electron chi connectivity index (χ3n) is 3.56. The van der Waals surface area contributed by atoms with Crippen LogP contribution in [-0.4, -0.2) is 27.9 Å². The van der Waals surface area contributed by atoms with E-state index in [1.807, 2.05) is 12.1 Å². The molecular weight excluding hydrogens is 369 g/mol. The minimum absolute atomic E-state index is 0.0473. The van der Waals surface area contributed by atoms with Crippen LogP contribution >= 0.6 is 11.3 Å². The summed E-state index contributed by atoms with van der Waals surface area (Å²) in [5, 5.41) is 5.02. The molecule has 8 heteroatoms. The molecule has 3 rings (SSSR count). The van der Waals surface area contributed by atoms with Crippen molar-refractivity contribution in [1.82, 2.24) is 9.97 Å². The standard InChI is InChI=1S/C19H16FN3O3S/c1-12(18(25)22-15-6-2-5-14(20)8-15)26-17(24)9-16-11-27-19(23-16)13-4-3-7-21-10-13/h2-8,10-12H,9H2,1H3,(H,22,25)/t12-/m0/s1. The molecule has 3 aromatic rings. The first-order valence-electron chi connectivity index (χ1n) is 8.12. The van der Waals surface area contributed by atoms with Crippen LogP contribution in [0.3, 0.4) is 0 Å². The lowest BCUT2D eigenvalue weighted by atomic mass is 10.3. The summed E-state index contributed by atoms with van der Waals surface area (Å²) in [5.74, 6) is -1.58. The number of nitrogens with one attached hydrogen (secondary N) is 1. The highest BCUT2D eigenvalue weighted by Gasteiger charge is 2.19. The number of pyridine rings is 1. The van der Waals surface area contributed by atoms with Crippen LogP contribution in [0.5, 0.6) is 0 Å². The van der Waals surface area contributed by atoms with Crippen molar-refractivity contribution in [3.05, 3.63) is 65.7 Å². The largest absolute Gasteiger partial charge is 0.452 e. The van der Waals surface area contributed by atoms with E-state index in [9.17, 15) is 14.0 Å². The van der Waals surface area contributed by atoms with Gasteiger partial charge in [0, 0.05) is 29.0 Å². The first-order chi connectivity index (χ1) is 13.0. The van der Waals surface area contributed by atoms with Gasteiger partial charge in [-0.3, -0.25) is 14.6 Å². The Labute approximate surface area is 159 Å². The van der Waals surface area contributed by atoms with Crippen molar-refractivity contribution in [1.29, 1.82) is 0 Å². The molecule has 2 heterocycles. The van der Waals surface area contributed by atoms with Gasteiger partial charge < -0.3 is 10.1 Å². The van der Waals surface area contributed by atoms with E-state index >= 15 is 0 Å². The molecule has 0 aliphatic carbocycles. The zero-order chi connectivity index (χ0) is 19.2. The van der Waals surface area contributed by atoms with Gasteiger partial charge in [0.25, 0.3) is 5.91 Å². The number of benzene rings is 1. The molecule has 0 spiro atoms. The van der Waals surface area contributed by atoms with E-state index in [2.05, 4.69) is 15.3 Å². The van der Waals surface area contributed by atoms with Crippen molar-refractivity contribution in [2.45, 2.75) is 19.4 Å². The first-order valence-corrected chi connectivity index (χ1v) is 9.00. The van der Waals surface area contributed by atoms with Crippen LogP contribution in [0.1, 0.15) is 12.6 Å². The van der Waals surface area contributed by atoms with Gasteiger partial charge in [0.05, 0.1) is 12.1 Å². The number of anilines is 1. The highest BCUT2D eigenvalue weighted by atomic mass is 32.1. The number of hydrogen-bond acceptors (Lipinski definition) is 6. The molecule has 1 N–H and O–H groups in total. The number of carbonyl (C=O) groups is 2. The Morgan fingerprint density at radius 2 is 2.15 bits per heavy atom. The van der Waals surface area contributed by atoms with Crippen LogP contribution in [0.2, 0.25) is 0 Å². The van der Waals surface area contributed by atoms with Gasteiger partial charge in [-0.05, 0) is 37.3 Å². The lowest BCUT2D eigenvalue weighted by Crippen LogP contribution is -2.30. The number of halogens is 1. The molecule has 0 saturated carbocycles. The summed E-state index contributed by atoms with van der Waals surface area (Å²) in [6, 6.07) is 9.17. The van der Waals surface area contributed by atoms with Crippen molar-refractivity contribution in [3.63, 3.8) is 0 Å². The number of amides is 1. The second-order valence-corrected chi connectivity index (χ2v) is 6.55. The average molecular weight is 385 g/mol. The summed E-state index contributed by atoms with van der Waals surface area (Å²) >= 11 is 1.40. The number of nitrogens with zero attached hydrogens (tertiary/aromatic N) is 2. The van der Waals surface area contributed by atoms with Crippen LogP contribution in [-0.2, 0) is 20.7 Å². The predicted molar refractivity (Wildman–Crippen MR) is 99.6 cm³/mol. The second kappa shape index (κ2) is 8.50. The van der Waals surface area contributed by atoms with Crippen molar-refractivity contribution < 1.29 is 18.7 Å². The van der Waals surface area contributed by atoms with E-state index in [-0.39, 0.29) is 6.42 Å². The molecule has 0 aliphatic heterocycles. The highest BCUT2D eigenvalue weighted by Crippen LogP contribution is 2.23. The molecule has 1 amide bonds. The van der Waals surface area contributed by atoms with Crippen LogP contribution in [0.4, 0.5) is 10.1 Å². The van der Waals surface area contributed by atoms with Gasteiger partial charge in [-0.1, -0.05) is 6.07 Å². The molecule has 6 nitrogen and oxygen atoms in total. The zero-order valence-electron chi connectivity index (χ0n) is 14.4. The minimum atomic E-state index is -1.02. The van der Waals surface area contributed by atoms with Gasteiger partial charge in [-0.25, -0.2) is 9.37 Å². The fourth-order valence-corrected chi connectivity index (χ4v) is 3.07. The summed E-state index contributed by atoms with van der Waals surface area (Å²) in [6.07, 6.45) is 2.30. The summed E-state index contributed by atoms with van der Waals surface area (Å²) in [6.45, 7) is 1.45. The number of esters is 1. The maximum Gasteiger partial charge on any atom is 0.312 e. The molecular formula is C19H16FN3O3S. The molecule has 138 valence electrons. The quantitative estimate of drug-likeness (QED) is 0.657. The van der Waals surface area contributed by atoms with Crippen molar-refractivity contribution in [3.8, 4) is 10.6 Å². The minimum Gasteiger partial charge on any atom is -0.452 e. The van der Waals surface area contributed by atoms with E-state index in [0.29, 0.717) is 11.4 Å². The summed E-state index contributed by atoms with van der Waals surface area (Å²) in [5.41, 5.74) is 1.72. The Morgan fingerprint density at radius 1 is 1.30 bits per heavy atom. The summed E-state index contributed by atoms with van der Waals surface area (Å²) in [7, 11) is 0. The molecule has 1 aromatic carbocycles. The normalized spacial score (nSPS) is 11.6. The fourth-order valence-electron chi connectivity index (χ4n) is 2.26. The Kier molecular flexibility index (Phi) is 5.87. The average Bonchev–Trinajstić information content (AvgIpc) is 3.10. The molecule has 1 atom stereocenters. The molecule has 27 heavy (non-hydrogen) atoms. The van der Waals surface area contributed by atoms with E-state index in [1.54, 1.807) is 23.8 Å². The van der Waals surface area contributed by atoms with E-state index in [0.717, 1.165) is 10.6 Å². The number of carbonyl (C=O) groups excluding carboxylic acids is 2. The summed E-state index contributed by atoms with van der Waals surface area (Å²) in [4.78, 5) is 32.6. The van der Waals surface area contributed by atoms with Gasteiger partial charge in [0.15, 0.2) is 6.10 Å². The van der Waals surface area contributed by atoms with Crippen LogP contribution in [0.25, 0.3) is 10.6 Å². The molecule has 0 saturated heterocycles. The highest BCUT2D eigenvalue weighted by molar-refractivity contribution is 7.13. The molecule has 0 aliphatic rings. The smallest absolute Gasteiger partial charge is 0.312 e. The van der Waals surface area contributed by atoms with Crippen molar-refractivity contribution >= 4 is 28.9 Å². The monoisotopic (exact) mass is 385 g/mol. The molecule has 0 bridgehead atoms. The lowest BCUT2D eigenvalue weighted by Gasteiger charge is -2.13. The molecule has 0 radical (unpaired) electrons. The molecule has 0 fully saturated rings. The van der Waals surface area contributed by atoms with Crippen LogP contribution < -0.4 is 5.32 Å². The number of aromatic nitrogens is 2. The number of hydrogen-bond donors (Lipinski definition) is 1. The Hall–Kier alpha value is -3.13. The van der Waals surface area contributed by atoms with E-state index in [1.165, 1.54) is 36.5 Å². The number of thiazole rings is 1. The lowest BCUT2D eigenvalue weighted by molar-refractivity contribution is -0.152. The van der Waals surface area contributed by atoms with E-state index in [4.69, 9.17) is 4.74 Å². The number of ether oxygens (including phenoxy) is 1. The van der Waals surface area contributed by atoms with Crippen molar-refractivity contribution in [2.24, 2.45) is 0 Å². The van der Waals surface area contributed by atoms with Crippen LogP contribution in [0, 0.1) is 5.82 Å². The SMILES string of the molecule is C[C@H](OC(=O)Cc1csc(-c2cccnc2)n1)C(=O)Nc1cccc(F)c1. The maximum atomic E-state index is 13.1. The Balaban J connectivity index is 1.54. The van der Waals surface area contributed by atoms with Gasteiger partial charge in [0.2, 0.25) is 0 Å². The van der Waals surface area contributed by atoms with Crippen LogP contribution in [0.15, 0.2) is 54.2 Å². The predicted octanol–water partition coefficient (Wildman–Crippen LogP) is 3.46. The van der Waals surface area contributed by atoms with Gasteiger partial charge in [-0.15, -0.1) is 11.3 Å². The number of rotatable bonds is 6. The second-order valence-electron chi connectivity index (χ2n) is 5.69. The fraction of sp³-hybridized carbons (Fsp3) is 0.158. The van der Waals surface area contributed by atoms with Gasteiger partial charge in [-0.2, -0.15) is 0 Å².